The van der Waals surface area contributed by atoms with Crippen molar-refractivity contribution in [3.63, 3.8) is 0 Å². The molecule has 1 aliphatic rings. The summed E-state index contributed by atoms with van der Waals surface area (Å²) in [5.41, 5.74) is 2.15. The predicted octanol–water partition coefficient (Wildman–Crippen LogP) is 3.21. The van der Waals surface area contributed by atoms with Crippen LogP contribution in [0.1, 0.15) is 12.5 Å². The summed E-state index contributed by atoms with van der Waals surface area (Å²) < 4.78 is 5.91. The first-order valence-electron chi connectivity index (χ1n) is 11.6. The van der Waals surface area contributed by atoms with Crippen LogP contribution in [0.2, 0.25) is 0 Å². The lowest BCUT2D eigenvalue weighted by molar-refractivity contribution is -0.383. The molecule has 0 radical (unpaired) electrons. The highest BCUT2D eigenvalue weighted by molar-refractivity contribution is 5.94. The normalized spacial score (nSPS) is 14.8. The number of hydrogen-bond acceptors (Lipinski definition) is 9. The fraction of sp³-hybridized carbons (Fsp3) is 0.417. The third-order valence-electron chi connectivity index (χ3n) is 5.97. The van der Waals surface area contributed by atoms with E-state index in [0.717, 1.165) is 44.0 Å². The van der Waals surface area contributed by atoms with E-state index in [1.807, 2.05) is 31.2 Å². The van der Waals surface area contributed by atoms with Crippen LogP contribution in [0, 0.1) is 10.1 Å². The number of hydrogen-bond donors (Lipinski definition) is 2. The quantitative estimate of drug-likeness (QED) is 0.345. The highest BCUT2D eigenvalue weighted by Crippen LogP contribution is 2.32. The third kappa shape index (κ3) is 5.89. The van der Waals surface area contributed by atoms with Crippen molar-refractivity contribution in [1.82, 2.24) is 19.8 Å². The van der Waals surface area contributed by atoms with Gasteiger partial charge in [0.05, 0.1) is 10.4 Å². The van der Waals surface area contributed by atoms with Gasteiger partial charge in [0.15, 0.2) is 0 Å². The second-order valence-corrected chi connectivity index (χ2v) is 8.39. The lowest BCUT2D eigenvalue weighted by Gasteiger charge is -2.32. The Bertz CT molecular complexity index is 1120. The number of benzene rings is 2. The zero-order chi connectivity index (χ0) is 23.9. The van der Waals surface area contributed by atoms with Crippen molar-refractivity contribution in [1.29, 1.82) is 0 Å². The van der Waals surface area contributed by atoms with Crippen molar-refractivity contribution in [2.24, 2.45) is 0 Å². The second kappa shape index (κ2) is 11.1. The van der Waals surface area contributed by atoms with Crippen molar-refractivity contribution in [3.8, 4) is 5.75 Å². The van der Waals surface area contributed by atoms with Crippen LogP contribution in [0.5, 0.6) is 5.75 Å². The van der Waals surface area contributed by atoms with Crippen molar-refractivity contribution >= 4 is 28.1 Å². The van der Waals surface area contributed by atoms with Crippen molar-refractivity contribution in [3.05, 3.63) is 58.4 Å². The Morgan fingerprint density at radius 1 is 1.09 bits per heavy atom. The molecular formula is C24H31N7O3. The Kier molecular flexibility index (Phi) is 7.71. The van der Waals surface area contributed by atoms with E-state index in [4.69, 9.17) is 4.74 Å². The SMILES string of the molecule is CCNc1cc2ncnc(NCc3ccc(OCCN4CCN(C)CC4)cc3)c2cc1[N+](=O)[O-]. The van der Waals surface area contributed by atoms with Crippen LogP contribution in [0.4, 0.5) is 17.2 Å². The summed E-state index contributed by atoms with van der Waals surface area (Å²) in [7, 11) is 2.15. The van der Waals surface area contributed by atoms with Gasteiger partial charge in [0.1, 0.15) is 30.2 Å². The lowest BCUT2D eigenvalue weighted by atomic mass is 10.1. The van der Waals surface area contributed by atoms with Gasteiger partial charge in [-0.1, -0.05) is 12.1 Å². The molecule has 180 valence electrons. The minimum Gasteiger partial charge on any atom is -0.492 e. The molecule has 0 spiro atoms. The van der Waals surface area contributed by atoms with Gasteiger partial charge in [-0.15, -0.1) is 0 Å². The summed E-state index contributed by atoms with van der Waals surface area (Å²) >= 11 is 0. The van der Waals surface area contributed by atoms with Crippen LogP contribution in [0.3, 0.4) is 0 Å². The van der Waals surface area contributed by atoms with E-state index in [1.165, 1.54) is 12.4 Å². The summed E-state index contributed by atoms with van der Waals surface area (Å²) in [5, 5.41) is 18.5. The Labute approximate surface area is 199 Å². The predicted molar refractivity (Wildman–Crippen MR) is 134 cm³/mol. The van der Waals surface area contributed by atoms with E-state index in [1.54, 1.807) is 6.07 Å². The van der Waals surface area contributed by atoms with Gasteiger partial charge in [0, 0.05) is 57.3 Å². The van der Waals surface area contributed by atoms with Crippen LogP contribution >= 0.6 is 0 Å². The Morgan fingerprint density at radius 3 is 2.56 bits per heavy atom. The van der Waals surface area contributed by atoms with Crippen molar-refractivity contribution in [2.45, 2.75) is 13.5 Å². The van der Waals surface area contributed by atoms with E-state index in [0.29, 0.717) is 42.1 Å². The molecule has 1 aliphatic heterocycles. The van der Waals surface area contributed by atoms with E-state index >= 15 is 0 Å². The maximum Gasteiger partial charge on any atom is 0.293 e. The van der Waals surface area contributed by atoms with Crippen LogP contribution in [-0.4, -0.2) is 77.6 Å². The monoisotopic (exact) mass is 465 g/mol. The molecule has 0 amide bonds. The molecule has 2 N–H and O–H groups in total. The number of likely N-dealkylation sites (N-methyl/N-ethyl adjacent to an activating group) is 1. The molecular weight excluding hydrogens is 434 g/mol. The molecule has 1 saturated heterocycles. The Morgan fingerprint density at radius 2 is 1.85 bits per heavy atom. The fourth-order valence-electron chi connectivity index (χ4n) is 3.97. The van der Waals surface area contributed by atoms with Crippen molar-refractivity contribution < 1.29 is 9.66 Å². The number of ether oxygens (including phenoxy) is 1. The van der Waals surface area contributed by atoms with Gasteiger partial charge in [-0.25, -0.2) is 9.97 Å². The van der Waals surface area contributed by atoms with Crippen LogP contribution in [0.25, 0.3) is 10.9 Å². The molecule has 0 atom stereocenters. The minimum atomic E-state index is -0.392. The van der Waals surface area contributed by atoms with Crippen LogP contribution < -0.4 is 15.4 Å². The number of nitrogens with one attached hydrogen (secondary N) is 2. The van der Waals surface area contributed by atoms with Gasteiger partial charge in [-0.05, 0) is 37.7 Å². The molecule has 3 aromatic rings. The molecule has 34 heavy (non-hydrogen) atoms. The molecule has 0 aliphatic carbocycles. The number of fused-ring (bicyclic) bond motifs is 1. The molecule has 0 unspecified atom stereocenters. The van der Waals surface area contributed by atoms with E-state index in [2.05, 4.69) is 37.4 Å². The van der Waals surface area contributed by atoms with Gasteiger partial charge >= 0.3 is 0 Å². The molecule has 1 fully saturated rings. The zero-order valence-corrected chi connectivity index (χ0v) is 19.7. The molecule has 4 rings (SSSR count). The summed E-state index contributed by atoms with van der Waals surface area (Å²) in [6, 6.07) is 11.2. The van der Waals surface area contributed by atoms with Crippen LogP contribution in [0.15, 0.2) is 42.7 Å². The maximum atomic E-state index is 11.5. The summed E-state index contributed by atoms with van der Waals surface area (Å²) in [6.07, 6.45) is 1.46. The molecule has 2 aromatic carbocycles. The number of nitrogens with zero attached hydrogens (tertiary/aromatic N) is 5. The summed E-state index contributed by atoms with van der Waals surface area (Å²) in [6.45, 7) is 8.98. The topological polar surface area (TPSA) is 109 Å². The number of rotatable bonds is 10. The Hall–Kier alpha value is -3.50. The third-order valence-corrected chi connectivity index (χ3v) is 5.97. The average molecular weight is 466 g/mol. The molecule has 0 bridgehead atoms. The minimum absolute atomic E-state index is 0.00488. The van der Waals surface area contributed by atoms with Gasteiger partial charge in [0.25, 0.3) is 5.69 Å². The Balaban J connectivity index is 1.36. The maximum absolute atomic E-state index is 11.5. The largest absolute Gasteiger partial charge is 0.492 e. The van der Waals surface area contributed by atoms with Crippen molar-refractivity contribution in [2.75, 3.05) is 63.6 Å². The standard InChI is InChI=1S/C24H31N7O3/c1-3-25-22-15-21-20(14-23(22)31(32)33)24(28-17-27-21)26-16-18-4-6-19(7-5-18)34-13-12-30-10-8-29(2)9-11-30/h4-7,14-15,17,25H,3,8-13,16H2,1-2H3,(H,26,27,28). The first-order valence-corrected chi connectivity index (χ1v) is 11.6. The van der Waals surface area contributed by atoms with E-state index in [9.17, 15) is 10.1 Å². The van der Waals surface area contributed by atoms with Gasteiger partial charge in [-0.2, -0.15) is 0 Å². The fourth-order valence-corrected chi connectivity index (χ4v) is 3.97. The van der Waals surface area contributed by atoms with Crippen LogP contribution in [-0.2, 0) is 6.54 Å². The van der Waals surface area contributed by atoms with Gasteiger partial charge < -0.3 is 20.3 Å². The summed E-state index contributed by atoms with van der Waals surface area (Å²) in [4.78, 5) is 24.5. The summed E-state index contributed by atoms with van der Waals surface area (Å²) in [5.74, 6) is 1.40. The molecule has 2 heterocycles. The average Bonchev–Trinajstić information content (AvgIpc) is 2.84. The van der Waals surface area contributed by atoms with Gasteiger partial charge in [-0.3, -0.25) is 15.0 Å². The highest BCUT2D eigenvalue weighted by atomic mass is 16.6. The first-order chi connectivity index (χ1) is 16.5. The highest BCUT2D eigenvalue weighted by Gasteiger charge is 2.17. The smallest absolute Gasteiger partial charge is 0.293 e. The zero-order valence-electron chi connectivity index (χ0n) is 19.7. The first kappa shape index (κ1) is 23.7. The molecule has 10 nitrogen and oxygen atoms in total. The van der Waals surface area contributed by atoms with Gasteiger partial charge in [0.2, 0.25) is 0 Å². The second-order valence-electron chi connectivity index (χ2n) is 8.39. The number of aromatic nitrogens is 2. The number of anilines is 2. The number of nitro benzene ring substituents is 1. The van der Waals surface area contributed by atoms with E-state index in [-0.39, 0.29) is 5.69 Å². The number of nitro groups is 1. The van der Waals surface area contributed by atoms with E-state index < -0.39 is 4.92 Å². The molecule has 0 saturated carbocycles. The lowest BCUT2D eigenvalue weighted by Crippen LogP contribution is -2.45. The molecule has 10 heteroatoms. The molecule has 1 aromatic heterocycles. The number of piperazine rings is 1.